The molecule has 4 heteroatoms. The second-order valence-corrected chi connectivity index (χ2v) is 3.02. The molecule has 0 amide bonds. The first-order valence-electron chi connectivity index (χ1n) is 3.38. The minimum Gasteiger partial charge on any atom is -0.463 e. The zero-order chi connectivity index (χ0) is 8.39. The summed E-state index contributed by atoms with van der Waals surface area (Å²) in [7, 11) is 0. The number of rotatable bonds is 1. The number of hydrogen-bond acceptors (Lipinski definition) is 3. The first kappa shape index (κ1) is 7.49. The maximum atomic E-state index is 5.16. The van der Waals surface area contributed by atoms with Crippen LogP contribution in [0.2, 0.25) is 0 Å². The summed E-state index contributed by atoms with van der Waals surface area (Å²) in [5.41, 5.74) is 0.780. The van der Waals surface area contributed by atoms with Crippen molar-refractivity contribution < 1.29 is 4.42 Å². The Balaban J connectivity index is 2.48. The molecule has 2 aromatic rings. The lowest BCUT2D eigenvalue weighted by Crippen LogP contribution is -1.82. The SMILES string of the molecule is Brc1cc(-c2ccco2)ncn1. The Bertz CT molecular complexity index is 372. The molecule has 0 bridgehead atoms. The van der Waals surface area contributed by atoms with Gasteiger partial charge in [-0.2, -0.15) is 0 Å². The van der Waals surface area contributed by atoms with Crippen LogP contribution in [0, 0.1) is 0 Å². The van der Waals surface area contributed by atoms with E-state index in [2.05, 4.69) is 25.9 Å². The average Bonchev–Trinajstić information content (AvgIpc) is 2.56. The Morgan fingerprint density at radius 2 is 2.25 bits per heavy atom. The smallest absolute Gasteiger partial charge is 0.152 e. The molecule has 0 saturated heterocycles. The summed E-state index contributed by atoms with van der Waals surface area (Å²) in [6.07, 6.45) is 3.10. The van der Waals surface area contributed by atoms with E-state index in [9.17, 15) is 0 Å². The molecule has 0 aromatic carbocycles. The minimum atomic E-state index is 0.748. The molecule has 12 heavy (non-hydrogen) atoms. The molecule has 0 saturated carbocycles. The molecule has 0 N–H and O–H groups in total. The Kier molecular flexibility index (Phi) is 1.91. The van der Waals surface area contributed by atoms with E-state index in [0.29, 0.717) is 0 Å². The predicted octanol–water partition coefficient (Wildman–Crippen LogP) is 2.50. The summed E-state index contributed by atoms with van der Waals surface area (Å²) in [6.45, 7) is 0. The van der Waals surface area contributed by atoms with Crippen LogP contribution >= 0.6 is 15.9 Å². The third-order valence-corrected chi connectivity index (χ3v) is 1.84. The lowest BCUT2D eigenvalue weighted by molar-refractivity contribution is 0.579. The zero-order valence-corrected chi connectivity index (χ0v) is 7.65. The van der Waals surface area contributed by atoms with Crippen molar-refractivity contribution in [1.29, 1.82) is 0 Å². The Labute approximate surface area is 77.6 Å². The third-order valence-electron chi connectivity index (χ3n) is 1.41. The highest BCUT2D eigenvalue weighted by Crippen LogP contribution is 2.18. The van der Waals surface area contributed by atoms with Gasteiger partial charge >= 0.3 is 0 Å². The van der Waals surface area contributed by atoms with Gasteiger partial charge in [-0.1, -0.05) is 0 Å². The maximum Gasteiger partial charge on any atom is 0.152 e. The second kappa shape index (κ2) is 3.06. The van der Waals surface area contributed by atoms with Gasteiger partial charge in [0.15, 0.2) is 5.76 Å². The van der Waals surface area contributed by atoms with E-state index in [1.807, 2.05) is 12.1 Å². The van der Waals surface area contributed by atoms with Gasteiger partial charge in [0.25, 0.3) is 0 Å². The Morgan fingerprint density at radius 1 is 1.33 bits per heavy atom. The van der Waals surface area contributed by atoms with Crippen LogP contribution in [0.4, 0.5) is 0 Å². The highest BCUT2D eigenvalue weighted by atomic mass is 79.9. The van der Waals surface area contributed by atoms with Crippen LogP contribution in [-0.2, 0) is 0 Å². The normalized spacial score (nSPS) is 10.1. The minimum absolute atomic E-state index is 0.748. The van der Waals surface area contributed by atoms with Crippen LogP contribution in [0.15, 0.2) is 39.8 Å². The van der Waals surface area contributed by atoms with Crippen molar-refractivity contribution in [3.05, 3.63) is 35.4 Å². The van der Waals surface area contributed by atoms with Crippen LogP contribution in [-0.4, -0.2) is 9.97 Å². The summed E-state index contributed by atoms with van der Waals surface area (Å²) in [4.78, 5) is 7.96. The molecule has 0 spiro atoms. The van der Waals surface area contributed by atoms with Crippen molar-refractivity contribution in [1.82, 2.24) is 9.97 Å². The summed E-state index contributed by atoms with van der Waals surface area (Å²) in [5, 5.41) is 0. The molecule has 0 aliphatic heterocycles. The van der Waals surface area contributed by atoms with Crippen LogP contribution in [0.5, 0.6) is 0 Å². The van der Waals surface area contributed by atoms with Gasteiger partial charge in [0.1, 0.15) is 16.6 Å². The van der Waals surface area contributed by atoms with Gasteiger partial charge in [0.2, 0.25) is 0 Å². The number of furan rings is 1. The molecule has 60 valence electrons. The first-order valence-corrected chi connectivity index (χ1v) is 4.17. The molecule has 2 heterocycles. The number of halogens is 1. The quantitative estimate of drug-likeness (QED) is 0.700. The average molecular weight is 225 g/mol. The second-order valence-electron chi connectivity index (χ2n) is 2.20. The summed E-state index contributed by atoms with van der Waals surface area (Å²) in [5.74, 6) is 0.748. The van der Waals surface area contributed by atoms with Crippen LogP contribution in [0.3, 0.4) is 0 Å². The third kappa shape index (κ3) is 1.38. The summed E-state index contributed by atoms with van der Waals surface area (Å²) in [6, 6.07) is 5.49. The molecule has 0 fully saturated rings. The van der Waals surface area contributed by atoms with Crippen LogP contribution < -0.4 is 0 Å². The van der Waals surface area contributed by atoms with Gasteiger partial charge in [-0.3, -0.25) is 0 Å². The molecule has 0 radical (unpaired) electrons. The van der Waals surface area contributed by atoms with E-state index in [0.717, 1.165) is 16.1 Å². The number of aromatic nitrogens is 2. The van der Waals surface area contributed by atoms with E-state index < -0.39 is 0 Å². The fourth-order valence-electron chi connectivity index (χ4n) is 0.893. The van der Waals surface area contributed by atoms with Gasteiger partial charge in [-0.15, -0.1) is 0 Å². The van der Waals surface area contributed by atoms with Gasteiger partial charge in [0.05, 0.1) is 6.26 Å². The molecule has 0 atom stereocenters. The van der Waals surface area contributed by atoms with E-state index in [4.69, 9.17) is 4.42 Å². The maximum absolute atomic E-state index is 5.16. The fraction of sp³-hybridized carbons (Fsp3) is 0. The standard InChI is InChI=1S/C8H5BrN2O/c9-8-4-6(10-5-11-8)7-2-1-3-12-7/h1-5H. The van der Waals surface area contributed by atoms with Crippen LogP contribution in [0.25, 0.3) is 11.5 Å². The van der Waals surface area contributed by atoms with Crippen molar-refractivity contribution in [2.24, 2.45) is 0 Å². The van der Waals surface area contributed by atoms with Crippen molar-refractivity contribution in [3.63, 3.8) is 0 Å². The number of nitrogens with zero attached hydrogens (tertiary/aromatic N) is 2. The molecule has 2 rings (SSSR count). The Morgan fingerprint density at radius 3 is 2.92 bits per heavy atom. The summed E-state index contributed by atoms with van der Waals surface area (Å²) >= 11 is 3.25. The molecule has 0 aliphatic carbocycles. The van der Waals surface area contributed by atoms with Crippen molar-refractivity contribution >= 4 is 15.9 Å². The molecular formula is C8H5BrN2O. The van der Waals surface area contributed by atoms with E-state index in [1.54, 1.807) is 12.3 Å². The lowest BCUT2D eigenvalue weighted by Gasteiger charge is -1.94. The van der Waals surface area contributed by atoms with Gasteiger partial charge in [-0.05, 0) is 28.1 Å². The zero-order valence-electron chi connectivity index (χ0n) is 6.07. The molecule has 0 aliphatic rings. The van der Waals surface area contributed by atoms with Crippen molar-refractivity contribution in [2.45, 2.75) is 0 Å². The van der Waals surface area contributed by atoms with Crippen molar-refractivity contribution in [2.75, 3.05) is 0 Å². The lowest BCUT2D eigenvalue weighted by atomic mass is 10.3. The molecule has 2 aromatic heterocycles. The van der Waals surface area contributed by atoms with Gasteiger partial charge in [0, 0.05) is 6.07 Å². The Hall–Kier alpha value is -1.16. The van der Waals surface area contributed by atoms with E-state index >= 15 is 0 Å². The summed E-state index contributed by atoms with van der Waals surface area (Å²) < 4.78 is 5.92. The molecular weight excluding hydrogens is 220 g/mol. The van der Waals surface area contributed by atoms with Crippen molar-refractivity contribution in [3.8, 4) is 11.5 Å². The van der Waals surface area contributed by atoms with Crippen LogP contribution in [0.1, 0.15) is 0 Å². The monoisotopic (exact) mass is 224 g/mol. The highest BCUT2D eigenvalue weighted by Gasteiger charge is 2.01. The fourth-order valence-corrected chi connectivity index (χ4v) is 1.20. The van der Waals surface area contributed by atoms with E-state index in [-0.39, 0.29) is 0 Å². The van der Waals surface area contributed by atoms with E-state index in [1.165, 1.54) is 6.33 Å². The number of hydrogen-bond donors (Lipinski definition) is 0. The van der Waals surface area contributed by atoms with Gasteiger partial charge < -0.3 is 4.42 Å². The first-order chi connectivity index (χ1) is 5.86. The predicted molar refractivity (Wildman–Crippen MR) is 47.4 cm³/mol. The molecule has 0 unspecified atom stereocenters. The van der Waals surface area contributed by atoms with Gasteiger partial charge in [-0.25, -0.2) is 9.97 Å². The highest BCUT2D eigenvalue weighted by molar-refractivity contribution is 9.10. The molecule has 3 nitrogen and oxygen atoms in total. The largest absolute Gasteiger partial charge is 0.463 e. The topological polar surface area (TPSA) is 38.9 Å².